The minimum atomic E-state index is -1.05. The second kappa shape index (κ2) is 5.46. The number of aromatic carboxylic acids is 1. The molecule has 2 rings (SSSR count). The van der Waals surface area contributed by atoms with Crippen LogP contribution in [0, 0.1) is 11.3 Å². The number of carbonyl (C=O) groups is 1. The van der Waals surface area contributed by atoms with Gasteiger partial charge in [0.05, 0.1) is 23.5 Å². The second-order valence-corrected chi connectivity index (χ2v) is 4.66. The molecule has 7 heteroatoms. The molecule has 0 amide bonds. The van der Waals surface area contributed by atoms with Crippen molar-refractivity contribution in [1.82, 2.24) is 9.97 Å². The molecule has 0 radical (unpaired) electrons. The number of pyridine rings is 1. The van der Waals surface area contributed by atoms with Crippen molar-refractivity contribution >= 4 is 23.0 Å². The number of nitriles is 1. The number of nitrogens with one attached hydrogen (secondary N) is 1. The van der Waals surface area contributed by atoms with Gasteiger partial charge in [-0.2, -0.15) is 5.26 Å². The van der Waals surface area contributed by atoms with Gasteiger partial charge in [0.15, 0.2) is 5.69 Å². The fraction of sp³-hybridized carbons (Fsp3) is 0.167. The van der Waals surface area contributed by atoms with Crippen LogP contribution < -0.4 is 5.32 Å². The maximum atomic E-state index is 10.8. The van der Waals surface area contributed by atoms with Crippen LogP contribution in [0.15, 0.2) is 23.8 Å². The smallest absolute Gasteiger partial charge is 0.355 e. The van der Waals surface area contributed by atoms with Crippen LogP contribution in [0.4, 0.5) is 5.69 Å². The SMILES string of the molecule is CC(Nc1cnccc1C#N)c1nc(C(=O)O)cs1. The van der Waals surface area contributed by atoms with E-state index in [0.717, 1.165) is 0 Å². The molecular formula is C12H10N4O2S. The lowest BCUT2D eigenvalue weighted by Crippen LogP contribution is -2.08. The first kappa shape index (κ1) is 13.0. The van der Waals surface area contributed by atoms with Gasteiger partial charge < -0.3 is 10.4 Å². The Morgan fingerprint density at radius 1 is 1.63 bits per heavy atom. The third-order valence-corrected chi connectivity index (χ3v) is 3.45. The van der Waals surface area contributed by atoms with Crippen LogP contribution >= 0.6 is 11.3 Å². The van der Waals surface area contributed by atoms with Crippen molar-refractivity contribution in [3.05, 3.63) is 40.1 Å². The van der Waals surface area contributed by atoms with Gasteiger partial charge in [-0.25, -0.2) is 9.78 Å². The van der Waals surface area contributed by atoms with Crippen molar-refractivity contribution in [2.24, 2.45) is 0 Å². The van der Waals surface area contributed by atoms with E-state index in [1.54, 1.807) is 18.5 Å². The predicted molar refractivity (Wildman–Crippen MR) is 70.1 cm³/mol. The number of thiazole rings is 1. The summed E-state index contributed by atoms with van der Waals surface area (Å²) in [5, 5.41) is 23.0. The molecule has 0 saturated carbocycles. The van der Waals surface area contributed by atoms with Gasteiger partial charge >= 0.3 is 5.97 Å². The fourth-order valence-corrected chi connectivity index (χ4v) is 2.29. The molecule has 0 saturated heterocycles. The summed E-state index contributed by atoms with van der Waals surface area (Å²) in [5.74, 6) is -1.05. The number of aromatic nitrogens is 2. The normalized spacial score (nSPS) is 11.6. The fourth-order valence-electron chi connectivity index (χ4n) is 1.49. The molecular weight excluding hydrogens is 264 g/mol. The van der Waals surface area contributed by atoms with Gasteiger partial charge in [0.1, 0.15) is 11.1 Å². The molecule has 0 aromatic carbocycles. The molecule has 19 heavy (non-hydrogen) atoms. The summed E-state index contributed by atoms with van der Waals surface area (Å²) in [5.41, 5.74) is 1.11. The quantitative estimate of drug-likeness (QED) is 0.887. The highest BCUT2D eigenvalue weighted by molar-refractivity contribution is 7.09. The minimum absolute atomic E-state index is 0.0281. The van der Waals surface area contributed by atoms with Crippen LogP contribution in [0.2, 0.25) is 0 Å². The molecule has 1 unspecified atom stereocenters. The molecule has 96 valence electrons. The lowest BCUT2D eigenvalue weighted by atomic mass is 10.2. The van der Waals surface area contributed by atoms with Crippen LogP contribution in [0.3, 0.4) is 0 Å². The first-order valence-corrected chi connectivity index (χ1v) is 6.29. The average Bonchev–Trinajstić information content (AvgIpc) is 2.89. The molecule has 0 aliphatic heterocycles. The molecule has 0 aliphatic rings. The first-order valence-electron chi connectivity index (χ1n) is 5.41. The maximum Gasteiger partial charge on any atom is 0.355 e. The van der Waals surface area contributed by atoms with Crippen molar-refractivity contribution < 1.29 is 9.90 Å². The van der Waals surface area contributed by atoms with Gasteiger partial charge in [0.25, 0.3) is 0 Å². The summed E-state index contributed by atoms with van der Waals surface area (Å²) in [7, 11) is 0. The zero-order chi connectivity index (χ0) is 13.8. The summed E-state index contributed by atoms with van der Waals surface area (Å²) in [6, 6.07) is 3.47. The zero-order valence-corrected chi connectivity index (χ0v) is 10.8. The number of carboxylic acids is 1. The molecule has 0 fully saturated rings. The third kappa shape index (κ3) is 2.86. The third-order valence-electron chi connectivity index (χ3n) is 2.43. The highest BCUT2D eigenvalue weighted by Gasteiger charge is 2.15. The maximum absolute atomic E-state index is 10.8. The van der Waals surface area contributed by atoms with Gasteiger partial charge in [0, 0.05) is 11.6 Å². The molecule has 0 aliphatic carbocycles. The Kier molecular flexibility index (Phi) is 3.73. The van der Waals surface area contributed by atoms with E-state index in [-0.39, 0.29) is 11.7 Å². The summed E-state index contributed by atoms with van der Waals surface area (Å²) in [6.07, 6.45) is 3.10. The molecule has 1 atom stereocenters. The molecule has 0 bridgehead atoms. The molecule has 6 nitrogen and oxygen atoms in total. The number of carboxylic acid groups (broad SMARTS) is 1. The van der Waals surface area contributed by atoms with E-state index in [0.29, 0.717) is 16.3 Å². The summed E-state index contributed by atoms with van der Waals surface area (Å²) < 4.78 is 0. The Bertz CT molecular complexity index is 647. The van der Waals surface area contributed by atoms with Crippen LogP contribution in [-0.4, -0.2) is 21.0 Å². The lowest BCUT2D eigenvalue weighted by molar-refractivity contribution is 0.0691. The topological polar surface area (TPSA) is 98.9 Å². The average molecular weight is 274 g/mol. The Hall–Kier alpha value is -2.46. The van der Waals surface area contributed by atoms with E-state index in [9.17, 15) is 4.79 Å². The van der Waals surface area contributed by atoms with Crippen LogP contribution in [0.5, 0.6) is 0 Å². The van der Waals surface area contributed by atoms with Crippen molar-refractivity contribution in [2.75, 3.05) is 5.32 Å². The van der Waals surface area contributed by atoms with E-state index in [1.165, 1.54) is 16.7 Å². The molecule has 2 N–H and O–H groups in total. The number of anilines is 1. The van der Waals surface area contributed by atoms with Gasteiger partial charge in [0.2, 0.25) is 0 Å². The predicted octanol–water partition coefficient (Wildman–Crippen LogP) is 2.28. The van der Waals surface area contributed by atoms with Gasteiger partial charge in [-0.05, 0) is 13.0 Å². The Morgan fingerprint density at radius 2 is 2.42 bits per heavy atom. The zero-order valence-electron chi connectivity index (χ0n) is 9.99. The van der Waals surface area contributed by atoms with E-state index in [4.69, 9.17) is 10.4 Å². The highest BCUT2D eigenvalue weighted by atomic mass is 32.1. The van der Waals surface area contributed by atoms with Gasteiger partial charge in [-0.3, -0.25) is 4.98 Å². The number of hydrogen-bond donors (Lipinski definition) is 2. The molecule has 2 aromatic rings. The highest BCUT2D eigenvalue weighted by Crippen LogP contribution is 2.23. The van der Waals surface area contributed by atoms with E-state index < -0.39 is 5.97 Å². The lowest BCUT2D eigenvalue weighted by Gasteiger charge is -2.13. The van der Waals surface area contributed by atoms with Crippen LogP contribution in [-0.2, 0) is 0 Å². The summed E-state index contributed by atoms with van der Waals surface area (Å²) in [6.45, 7) is 1.85. The van der Waals surface area contributed by atoms with Gasteiger partial charge in [-0.15, -0.1) is 11.3 Å². The van der Waals surface area contributed by atoms with Crippen molar-refractivity contribution in [2.45, 2.75) is 13.0 Å². The number of nitrogens with zero attached hydrogens (tertiary/aromatic N) is 3. The molecule has 2 aromatic heterocycles. The van der Waals surface area contributed by atoms with E-state index >= 15 is 0 Å². The van der Waals surface area contributed by atoms with E-state index in [1.807, 2.05) is 6.92 Å². The minimum Gasteiger partial charge on any atom is -0.476 e. The Balaban J connectivity index is 2.18. The molecule has 0 spiro atoms. The summed E-state index contributed by atoms with van der Waals surface area (Å²) >= 11 is 1.26. The van der Waals surface area contributed by atoms with Crippen molar-refractivity contribution in [3.63, 3.8) is 0 Å². The van der Waals surface area contributed by atoms with Crippen molar-refractivity contribution in [1.29, 1.82) is 5.26 Å². The number of hydrogen-bond acceptors (Lipinski definition) is 6. The van der Waals surface area contributed by atoms with Gasteiger partial charge in [-0.1, -0.05) is 0 Å². The monoisotopic (exact) mass is 274 g/mol. The first-order chi connectivity index (χ1) is 9.11. The number of rotatable bonds is 4. The van der Waals surface area contributed by atoms with Crippen LogP contribution in [0.1, 0.15) is 34.0 Å². The largest absolute Gasteiger partial charge is 0.476 e. The Labute approximate surface area is 113 Å². The van der Waals surface area contributed by atoms with E-state index in [2.05, 4.69) is 21.4 Å². The Morgan fingerprint density at radius 3 is 3.05 bits per heavy atom. The standard InChI is InChI=1S/C12H10N4O2S/c1-7(11-16-10(6-19-11)12(17)18)15-9-5-14-3-2-8(9)4-13/h2-3,5-7,15H,1H3,(H,17,18). The molecule has 2 heterocycles. The second-order valence-electron chi connectivity index (χ2n) is 3.78. The van der Waals surface area contributed by atoms with Crippen molar-refractivity contribution in [3.8, 4) is 6.07 Å². The van der Waals surface area contributed by atoms with Crippen LogP contribution in [0.25, 0.3) is 0 Å². The summed E-state index contributed by atoms with van der Waals surface area (Å²) in [4.78, 5) is 18.7.